The summed E-state index contributed by atoms with van der Waals surface area (Å²) in [5.41, 5.74) is 6.25. The van der Waals surface area contributed by atoms with Crippen LogP contribution in [0.15, 0.2) is 12.7 Å². The maximum Gasteiger partial charge on any atom is 0.176 e. The number of aliphatic hydroxyl groups is 1. The number of hydrogen-bond acceptors (Lipinski definition) is 7. The maximum atomic E-state index is 10.6. The molecule has 7 heteroatoms. The van der Waals surface area contributed by atoms with Crippen LogP contribution in [0.1, 0.15) is 51.9 Å². The molecule has 3 N–H and O–H groups in total. The fourth-order valence-corrected chi connectivity index (χ4v) is 3.45. The maximum absolute atomic E-state index is 10.6. The van der Waals surface area contributed by atoms with Gasteiger partial charge in [0, 0.05) is 20.8 Å². The third-order valence-corrected chi connectivity index (χ3v) is 5.14. The Morgan fingerprint density at radius 3 is 2.54 bits per heavy atom. The van der Waals surface area contributed by atoms with Gasteiger partial charge in [-0.1, -0.05) is 45.1 Å². The molecule has 166 valence electrons. The number of rotatable bonds is 16. The molecule has 1 aliphatic rings. The first-order chi connectivity index (χ1) is 13.6. The quantitative estimate of drug-likeness (QED) is 0.302. The van der Waals surface area contributed by atoms with Crippen LogP contribution in [-0.4, -0.2) is 75.9 Å². The van der Waals surface area contributed by atoms with E-state index in [-0.39, 0.29) is 12.7 Å². The summed E-state index contributed by atoms with van der Waals surface area (Å²) < 4.78 is 28.0. The molecular weight excluding hydrogens is 362 g/mol. The second kappa shape index (κ2) is 15.3. The average molecular weight is 404 g/mol. The molecule has 0 aromatic carbocycles. The van der Waals surface area contributed by atoms with Gasteiger partial charge in [0.1, 0.15) is 18.3 Å². The van der Waals surface area contributed by atoms with Crippen LogP contribution >= 0.6 is 0 Å². The van der Waals surface area contributed by atoms with Crippen molar-refractivity contribution in [2.45, 2.75) is 88.6 Å². The Labute approximate surface area is 170 Å². The highest BCUT2D eigenvalue weighted by atomic mass is 16.7. The minimum absolute atomic E-state index is 0.150. The average Bonchev–Trinajstić information content (AvgIpc) is 2.70. The summed E-state index contributed by atoms with van der Waals surface area (Å²) in [6.07, 6.45) is 7.06. The predicted molar refractivity (Wildman–Crippen MR) is 109 cm³/mol. The van der Waals surface area contributed by atoms with E-state index in [0.717, 1.165) is 19.3 Å². The fourth-order valence-electron chi connectivity index (χ4n) is 3.45. The molecule has 1 rings (SSSR count). The second-order valence-electron chi connectivity index (χ2n) is 7.37. The molecule has 28 heavy (non-hydrogen) atoms. The highest BCUT2D eigenvalue weighted by Crippen LogP contribution is 2.24. The number of nitrogens with two attached hydrogens (primary N) is 1. The minimum Gasteiger partial charge on any atom is -0.388 e. The van der Waals surface area contributed by atoms with E-state index in [1.807, 2.05) is 0 Å². The van der Waals surface area contributed by atoms with Gasteiger partial charge in [-0.3, -0.25) is 0 Å². The molecule has 6 atom stereocenters. The van der Waals surface area contributed by atoms with E-state index in [1.54, 1.807) is 20.3 Å². The van der Waals surface area contributed by atoms with Crippen LogP contribution in [0.5, 0.6) is 0 Å². The molecule has 0 bridgehead atoms. The van der Waals surface area contributed by atoms with Crippen molar-refractivity contribution in [2.75, 3.05) is 34.0 Å². The normalized spacial score (nSPS) is 29.0. The summed E-state index contributed by atoms with van der Waals surface area (Å²) >= 11 is 0. The first-order valence-corrected chi connectivity index (χ1v) is 10.5. The number of aliphatic hydroxyl groups excluding tert-OH is 1. The van der Waals surface area contributed by atoms with E-state index in [1.165, 1.54) is 25.7 Å². The molecule has 0 saturated carbocycles. The van der Waals surface area contributed by atoms with Crippen molar-refractivity contribution < 1.29 is 28.8 Å². The van der Waals surface area contributed by atoms with Crippen molar-refractivity contribution in [3.05, 3.63) is 12.7 Å². The zero-order valence-corrected chi connectivity index (χ0v) is 17.9. The van der Waals surface area contributed by atoms with Crippen LogP contribution in [0.4, 0.5) is 0 Å². The van der Waals surface area contributed by atoms with E-state index in [2.05, 4.69) is 13.5 Å². The monoisotopic (exact) mass is 403 g/mol. The van der Waals surface area contributed by atoms with E-state index in [4.69, 9.17) is 29.4 Å². The topological polar surface area (TPSA) is 92.4 Å². The number of unbranched alkanes of at least 4 members (excludes halogenated alkanes) is 4. The number of methoxy groups -OCH3 is 2. The van der Waals surface area contributed by atoms with Gasteiger partial charge in [0.15, 0.2) is 6.29 Å². The Bertz CT molecular complexity index is 397. The van der Waals surface area contributed by atoms with Crippen LogP contribution in [0.25, 0.3) is 0 Å². The first kappa shape index (κ1) is 25.5. The molecule has 6 unspecified atom stereocenters. The molecular formula is C21H41NO6. The van der Waals surface area contributed by atoms with Crippen molar-refractivity contribution in [1.29, 1.82) is 0 Å². The van der Waals surface area contributed by atoms with E-state index >= 15 is 0 Å². The SMILES string of the molecule is C=CCOC1OC(COC)C(O)C(OCCC(CCCCCCC)OC)C1N. The molecule has 1 heterocycles. The van der Waals surface area contributed by atoms with Crippen molar-refractivity contribution >= 4 is 0 Å². The third kappa shape index (κ3) is 8.86. The van der Waals surface area contributed by atoms with Crippen molar-refractivity contribution in [1.82, 2.24) is 0 Å². The van der Waals surface area contributed by atoms with Gasteiger partial charge >= 0.3 is 0 Å². The Kier molecular flexibility index (Phi) is 14.0. The first-order valence-electron chi connectivity index (χ1n) is 10.5. The van der Waals surface area contributed by atoms with E-state index in [0.29, 0.717) is 13.2 Å². The van der Waals surface area contributed by atoms with Gasteiger partial charge < -0.3 is 34.5 Å². The lowest BCUT2D eigenvalue weighted by atomic mass is 9.97. The van der Waals surface area contributed by atoms with Crippen LogP contribution in [-0.2, 0) is 23.7 Å². The summed E-state index contributed by atoms with van der Waals surface area (Å²) in [7, 11) is 3.29. The van der Waals surface area contributed by atoms with E-state index in [9.17, 15) is 5.11 Å². The Hall–Kier alpha value is -0.540. The Morgan fingerprint density at radius 2 is 1.89 bits per heavy atom. The Balaban J connectivity index is 2.49. The Morgan fingerprint density at radius 1 is 1.14 bits per heavy atom. The highest BCUT2D eigenvalue weighted by molar-refractivity contribution is 4.93. The summed E-state index contributed by atoms with van der Waals surface area (Å²) in [4.78, 5) is 0. The fraction of sp³-hybridized carbons (Fsp3) is 0.905. The minimum atomic E-state index is -0.881. The lowest BCUT2D eigenvalue weighted by Gasteiger charge is -2.42. The standard InChI is InChI=1S/C21H41NO6/c1-5-7-8-9-10-11-16(25-4)12-14-26-20-18(22)21(27-13-6-2)28-17(15-24-3)19(20)23/h6,16-21,23H,2,5,7-15,22H2,1,3-4H3. The largest absolute Gasteiger partial charge is 0.388 e. The summed E-state index contributed by atoms with van der Waals surface area (Å²) in [5.74, 6) is 0. The van der Waals surface area contributed by atoms with Gasteiger partial charge in [0.25, 0.3) is 0 Å². The predicted octanol–water partition coefficient (Wildman–Crippen LogP) is 2.40. The van der Waals surface area contributed by atoms with Crippen LogP contribution in [0, 0.1) is 0 Å². The molecule has 0 amide bonds. The van der Waals surface area contributed by atoms with Gasteiger partial charge in [-0.05, 0) is 12.8 Å². The van der Waals surface area contributed by atoms with Crippen molar-refractivity contribution in [3.63, 3.8) is 0 Å². The van der Waals surface area contributed by atoms with Gasteiger partial charge in [-0.2, -0.15) is 0 Å². The highest BCUT2D eigenvalue weighted by Gasteiger charge is 2.44. The molecule has 1 fully saturated rings. The third-order valence-electron chi connectivity index (χ3n) is 5.14. The van der Waals surface area contributed by atoms with Crippen molar-refractivity contribution in [2.24, 2.45) is 5.73 Å². The lowest BCUT2D eigenvalue weighted by Crippen LogP contribution is -2.63. The number of ether oxygens (including phenoxy) is 5. The molecule has 0 spiro atoms. The molecule has 1 aliphatic heterocycles. The van der Waals surface area contributed by atoms with Crippen LogP contribution in [0.2, 0.25) is 0 Å². The summed E-state index contributed by atoms with van der Waals surface area (Å²) in [6.45, 7) is 6.86. The van der Waals surface area contributed by atoms with E-state index < -0.39 is 30.6 Å². The van der Waals surface area contributed by atoms with Crippen molar-refractivity contribution in [3.8, 4) is 0 Å². The molecule has 0 aromatic heterocycles. The van der Waals surface area contributed by atoms with Crippen LogP contribution < -0.4 is 5.73 Å². The van der Waals surface area contributed by atoms with Gasteiger partial charge in [0.05, 0.1) is 25.4 Å². The lowest BCUT2D eigenvalue weighted by molar-refractivity contribution is -0.271. The number of hydrogen-bond donors (Lipinski definition) is 2. The van der Waals surface area contributed by atoms with Gasteiger partial charge in [0.2, 0.25) is 0 Å². The smallest absolute Gasteiger partial charge is 0.176 e. The molecule has 0 radical (unpaired) electrons. The molecule has 1 saturated heterocycles. The molecule has 0 aliphatic carbocycles. The second-order valence-corrected chi connectivity index (χ2v) is 7.37. The molecule has 0 aromatic rings. The molecule has 7 nitrogen and oxygen atoms in total. The zero-order chi connectivity index (χ0) is 20.8. The van der Waals surface area contributed by atoms with Gasteiger partial charge in [-0.25, -0.2) is 0 Å². The summed E-state index contributed by atoms with van der Waals surface area (Å²) in [5, 5.41) is 10.6. The van der Waals surface area contributed by atoms with Gasteiger partial charge in [-0.15, -0.1) is 6.58 Å². The summed E-state index contributed by atoms with van der Waals surface area (Å²) in [6, 6.07) is -0.599. The zero-order valence-electron chi connectivity index (χ0n) is 17.9. The van der Waals surface area contributed by atoms with Crippen LogP contribution in [0.3, 0.4) is 0 Å².